The van der Waals surface area contributed by atoms with Crippen LogP contribution in [0.3, 0.4) is 0 Å². The largest absolute Gasteiger partial charge is 0.0782 e. The Bertz CT molecular complexity index is 256. The van der Waals surface area contributed by atoms with Crippen LogP contribution in [-0.4, -0.2) is 0 Å². The lowest BCUT2D eigenvalue weighted by molar-refractivity contribution is 0.492. The van der Waals surface area contributed by atoms with Crippen LogP contribution in [0.15, 0.2) is 36.5 Å². The minimum atomic E-state index is 0.107. The maximum absolute atomic E-state index is 3.67. The Labute approximate surface area is 81.0 Å². The van der Waals surface area contributed by atoms with Crippen LogP contribution in [0, 0.1) is 17.3 Å². The van der Waals surface area contributed by atoms with Crippen LogP contribution in [0.25, 0.3) is 0 Å². The highest BCUT2D eigenvalue weighted by Crippen LogP contribution is 2.54. The maximum Gasteiger partial charge on any atom is 0.00375 e. The lowest BCUT2D eigenvalue weighted by Gasteiger charge is -2.23. The Morgan fingerprint density at radius 3 is 2.15 bits per heavy atom. The summed E-state index contributed by atoms with van der Waals surface area (Å²) in [5, 5.41) is 0. The Morgan fingerprint density at radius 2 is 1.54 bits per heavy atom. The average Bonchev–Trinajstić information content (AvgIpc) is 2.73. The van der Waals surface area contributed by atoms with E-state index in [1.807, 2.05) is 0 Å². The third-order valence-corrected chi connectivity index (χ3v) is 2.62. The van der Waals surface area contributed by atoms with Gasteiger partial charge in [0.25, 0.3) is 0 Å². The SMILES string of the molecule is CC1(C)[C]C2(\C=C/C=C\C=C/1)CC2. The van der Waals surface area contributed by atoms with E-state index < -0.39 is 0 Å². The Balaban J connectivity index is 2.24. The van der Waals surface area contributed by atoms with Gasteiger partial charge in [-0.2, -0.15) is 0 Å². The molecule has 0 saturated heterocycles. The summed E-state index contributed by atoms with van der Waals surface area (Å²) in [6, 6.07) is 0. The average molecular weight is 172 g/mol. The summed E-state index contributed by atoms with van der Waals surface area (Å²) in [6.45, 7) is 4.44. The van der Waals surface area contributed by atoms with Gasteiger partial charge < -0.3 is 0 Å². The van der Waals surface area contributed by atoms with Gasteiger partial charge in [-0.1, -0.05) is 50.3 Å². The summed E-state index contributed by atoms with van der Waals surface area (Å²) < 4.78 is 0. The van der Waals surface area contributed by atoms with Crippen LogP contribution in [0.5, 0.6) is 0 Å². The van der Waals surface area contributed by atoms with E-state index >= 15 is 0 Å². The van der Waals surface area contributed by atoms with E-state index in [1.165, 1.54) is 12.8 Å². The molecule has 2 radical (unpaired) electrons. The fourth-order valence-corrected chi connectivity index (χ4v) is 1.82. The quantitative estimate of drug-likeness (QED) is 0.524. The molecule has 1 saturated carbocycles. The van der Waals surface area contributed by atoms with Crippen molar-refractivity contribution in [1.29, 1.82) is 0 Å². The second kappa shape index (κ2) is 2.87. The van der Waals surface area contributed by atoms with Crippen LogP contribution >= 0.6 is 0 Å². The first-order valence-corrected chi connectivity index (χ1v) is 4.95. The fourth-order valence-electron chi connectivity index (χ4n) is 1.82. The molecule has 68 valence electrons. The van der Waals surface area contributed by atoms with Crippen molar-refractivity contribution in [3.05, 3.63) is 42.9 Å². The van der Waals surface area contributed by atoms with E-state index in [-0.39, 0.29) is 5.41 Å². The number of hydrogen-bond donors (Lipinski definition) is 0. The van der Waals surface area contributed by atoms with Gasteiger partial charge in [-0.05, 0) is 23.7 Å². The zero-order valence-electron chi connectivity index (χ0n) is 8.38. The molecule has 0 N–H and O–H groups in total. The molecule has 2 aliphatic carbocycles. The number of allylic oxidation sites excluding steroid dienone is 6. The topological polar surface area (TPSA) is 0 Å². The van der Waals surface area contributed by atoms with Crippen molar-refractivity contribution >= 4 is 0 Å². The smallest absolute Gasteiger partial charge is 0.00375 e. The molecule has 0 heterocycles. The molecule has 0 heteroatoms. The minimum absolute atomic E-state index is 0.107. The second-order valence-corrected chi connectivity index (χ2v) is 4.61. The van der Waals surface area contributed by atoms with Gasteiger partial charge in [0, 0.05) is 6.42 Å². The van der Waals surface area contributed by atoms with Crippen LogP contribution in [0.1, 0.15) is 26.7 Å². The van der Waals surface area contributed by atoms with E-state index in [0.717, 1.165) is 0 Å². The zero-order valence-corrected chi connectivity index (χ0v) is 8.38. The predicted molar refractivity (Wildman–Crippen MR) is 56.1 cm³/mol. The molecule has 1 fully saturated rings. The summed E-state index contributed by atoms with van der Waals surface area (Å²) >= 11 is 0. The Kier molecular flexibility index (Phi) is 1.94. The molecule has 0 unspecified atom stereocenters. The van der Waals surface area contributed by atoms with Crippen LogP contribution in [0.4, 0.5) is 0 Å². The Morgan fingerprint density at radius 1 is 0.923 bits per heavy atom. The summed E-state index contributed by atoms with van der Waals surface area (Å²) in [5.74, 6) is 0. The fraction of sp³-hybridized carbons (Fsp3) is 0.462. The van der Waals surface area contributed by atoms with Crippen LogP contribution < -0.4 is 0 Å². The summed E-state index contributed by atoms with van der Waals surface area (Å²) in [7, 11) is 0. The van der Waals surface area contributed by atoms with Crippen molar-refractivity contribution in [2.45, 2.75) is 26.7 Å². The van der Waals surface area contributed by atoms with Crippen molar-refractivity contribution in [2.24, 2.45) is 10.8 Å². The molecule has 2 rings (SSSR count). The van der Waals surface area contributed by atoms with Gasteiger partial charge in [-0.3, -0.25) is 0 Å². The molecule has 0 amide bonds. The third kappa shape index (κ3) is 2.12. The third-order valence-electron chi connectivity index (χ3n) is 2.62. The lowest BCUT2D eigenvalue weighted by atomic mass is 9.80. The molecule has 1 spiro atoms. The van der Waals surface area contributed by atoms with Gasteiger partial charge in [0.05, 0.1) is 0 Å². The predicted octanol–water partition coefficient (Wildman–Crippen LogP) is 3.56. The van der Waals surface area contributed by atoms with E-state index in [9.17, 15) is 0 Å². The first kappa shape index (κ1) is 8.80. The molecular weight excluding hydrogens is 156 g/mol. The van der Waals surface area contributed by atoms with Crippen molar-refractivity contribution in [2.75, 3.05) is 0 Å². The van der Waals surface area contributed by atoms with Crippen molar-refractivity contribution in [3.8, 4) is 0 Å². The monoisotopic (exact) mass is 172 g/mol. The standard InChI is InChI=1S/C13H16/c1-12(2)7-5-3-4-6-8-13(11-12)9-10-13/h3-8H,9-10H2,1-2H3/b4-3-,7-5-,8-6-. The van der Waals surface area contributed by atoms with Gasteiger partial charge in [0.15, 0.2) is 0 Å². The van der Waals surface area contributed by atoms with E-state index in [4.69, 9.17) is 0 Å². The molecule has 0 aromatic carbocycles. The van der Waals surface area contributed by atoms with Gasteiger partial charge >= 0.3 is 0 Å². The molecule has 0 nitrogen and oxygen atoms in total. The van der Waals surface area contributed by atoms with Gasteiger partial charge in [0.2, 0.25) is 0 Å². The normalized spacial score (nSPS) is 35.5. The molecule has 0 aromatic heterocycles. The van der Waals surface area contributed by atoms with Crippen LogP contribution in [-0.2, 0) is 0 Å². The number of hydrogen-bond acceptors (Lipinski definition) is 0. The van der Waals surface area contributed by atoms with E-state index in [1.54, 1.807) is 0 Å². The molecule has 13 heavy (non-hydrogen) atoms. The van der Waals surface area contributed by atoms with Crippen molar-refractivity contribution < 1.29 is 0 Å². The minimum Gasteiger partial charge on any atom is -0.0782 e. The summed E-state index contributed by atoms with van der Waals surface area (Å²) in [5.41, 5.74) is 0.401. The summed E-state index contributed by atoms with van der Waals surface area (Å²) in [4.78, 5) is 0. The first-order valence-electron chi connectivity index (χ1n) is 4.95. The zero-order chi connectivity index (χ0) is 9.36. The highest BCUT2D eigenvalue weighted by molar-refractivity contribution is 5.28. The van der Waals surface area contributed by atoms with E-state index in [0.29, 0.717) is 5.41 Å². The highest BCUT2D eigenvalue weighted by atomic mass is 14.5. The molecule has 0 atom stereocenters. The Hall–Kier alpha value is -0.780. The van der Waals surface area contributed by atoms with Crippen LogP contribution in [0.2, 0.25) is 0 Å². The van der Waals surface area contributed by atoms with Gasteiger partial charge in [-0.15, -0.1) is 0 Å². The number of rotatable bonds is 0. The molecular formula is C13H16. The molecule has 0 bridgehead atoms. The molecule has 2 aliphatic rings. The van der Waals surface area contributed by atoms with Gasteiger partial charge in [-0.25, -0.2) is 0 Å². The maximum atomic E-state index is 3.67. The highest BCUT2D eigenvalue weighted by Gasteiger charge is 2.43. The lowest BCUT2D eigenvalue weighted by Crippen LogP contribution is -2.14. The van der Waals surface area contributed by atoms with Crippen molar-refractivity contribution in [3.63, 3.8) is 0 Å². The molecule has 0 aromatic rings. The van der Waals surface area contributed by atoms with Gasteiger partial charge in [0.1, 0.15) is 0 Å². The summed E-state index contributed by atoms with van der Waals surface area (Å²) in [6.07, 6.45) is 19.2. The first-order chi connectivity index (χ1) is 6.12. The molecule has 0 aliphatic heterocycles. The second-order valence-electron chi connectivity index (χ2n) is 4.61. The van der Waals surface area contributed by atoms with E-state index in [2.05, 4.69) is 56.7 Å². The van der Waals surface area contributed by atoms with Crippen molar-refractivity contribution in [1.82, 2.24) is 0 Å².